The largest absolute Gasteiger partial charge is 0.392 e. The van der Waals surface area contributed by atoms with Crippen molar-refractivity contribution < 1.29 is 9.90 Å². The quantitative estimate of drug-likeness (QED) is 0.688. The number of nitrogens with one attached hydrogen (secondary N) is 1. The van der Waals surface area contributed by atoms with E-state index >= 15 is 0 Å². The van der Waals surface area contributed by atoms with E-state index in [1.165, 1.54) is 0 Å². The molecule has 1 rings (SSSR count). The Labute approximate surface area is 77.4 Å². The Balaban J connectivity index is 3.14. The van der Waals surface area contributed by atoms with Crippen LogP contribution in [0.5, 0.6) is 0 Å². The van der Waals surface area contributed by atoms with E-state index in [0.29, 0.717) is 6.41 Å². The number of anilines is 1. The van der Waals surface area contributed by atoms with E-state index in [1.807, 2.05) is 26.0 Å². The lowest BCUT2D eigenvalue weighted by molar-refractivity contribution is -0.105. The lowest BCUT2D eigenvalue weighted by Gasteiger charge is -2.09. The monoisotopic (exact) mass is 179 g/mol. The average Bonchev–Trinajstić information content (AvgIpc) is 2.11. The third-order valence-electron chi connectivity index (χ3n) is 1.98. The Bertz CT molecular complexity index is 298. The Morgan fingerprint density at radius 3 is 2.31 bits per heavy atom. The first-order valence-corrected chi connectivity index (χ1v) is 4.10. The van der Waals surface area contributed by atoms with Crippen LogP contribution < -0.4 is 5.32 Å². The van der Waals surface area contributed by atoms with Gasteiger partial charge in [0.1, 0.15) is 0 Å². The molecule has 0 saturated carbocycles. The SMILES string of the molecule is Cc1cc(CO)cc(C)c1NC=O. The molecule has 0 aliphatic carbocycles. The van der Waals surface area contributed by atoms with E-state index in [4.69, 9.17) is 5.11 Å². The molecule has 70 valence electrons. The molecular weight excluding hydrogens is 166 g/mol. The first kappa shape index (κ1) is 9.74. The lowest BCUT2D eigenvalue weighted by Crippen LogP contribution is -2.00. The van der Waals surface area contributed by atoms with Crippen molar-refractivity contribution in [1.29, 1.82) is 0 Å². The fourth-order valence-corrected chi connectivity index (χ4v) is 1.43. The smallest absolute Gasteiger partial charge is 0.211 e. The number of benzene rings is 1. The first-order chi connectivity index (χ1) is 6.19. The fraction of sp³-hybridized carbons (Fsp3) is 0.300. The van der Waals surface area contributed by atoms with Gasteiger partial charge in [0.15, 0.2) is 0 Å². The third-order valence-corrected chi connectivity index (χ3v) is 1.98. The molecule has 0 unspecified atom stereocenters. The number of amides is 1. The van der Waals surface area contributed by atoms with Crippen molar-refractivity contribution in [3.05, 3.63) is 28.8 Å². The van der Waals surface area contributed by atoms with E-state index in [0.717, 1.165) is 22.4 Å². The van der Waals surface area contributed by atoms with Crippen LogP contribution in [-0.4, -0.2) is 11.5 Å². The summed E-state index contributed by atoms with van der Waals surface area (Å²) in [6, 6.07) is 3.72. The summed E-state index contributed by atoms with van der Waals surface area (Å²) in [5.74, 6) is 0. The molecule has 3 nitrogen and oxygen atoms in total. The number of aryl methyl sites for hydroxylation is 2. The molecule has 0 spiro atoms. The first-order valence-electron chi connectivity index (χ1n) is 4.10. The van der Waals surface area contributed by atoms with Crippen molar-refractivity contribution in [2.75, 3.05) is 5.32 Å². The maximum atomic E-state index is 10.3. The van der Waals surface area contributed by atoms with Gasteiger partial charge in [0.2, 0.25) is 6.41 Å². The number of aliphatic hydroxyl groups excluding tert-OH is 1. The second-order valence-electron chi connectivity index (χ2n) is 3.02. The molecule has 3 heteroatoms. The third kappa shape index (κ3) is 2.06. The van der Waals surface area contributed by atoms with Crippen LogP contribution in [-0.2, 0) is 11.4 Å². The molecular formula is C10H13NO2. The standard InChI is InChI=1S/C10H13NO2/c1-7-3-9(5-12)4-8(2)10(7)11-6-13/h3-4,6,12H,5H2,1-2H3,(H,11,13). The van der Waals surface area contributed by atoms with E-state index in [-0.39, 0.29) is 6.61 Å². The minimum atomic E-state index is 0.0308. The van der Waals surface area contributed by atoms with Crippen molar-refractivity contribution in [3.63, 3.8) is 0 Å². The van der Waals surface area contributed by atoms with Gasteiger partial charge < -0.3 is 10.4 Å². The maximum absolute atomic E-state index is 10.3. The lowest BCUT2D eigenvalue weighted by atomic mass is 10.0. The molecule has 0 atom stereocenters. The van der Waals surface area contributed by atoms with Crippen LogP contribution in [0.15, 0.2) is 12.1 Å². The number of aliphatic hydroxyl groups is 1. The summed E-state index contributed by atoms with van der Waals surface area (Å²) in [7, 11) is 0. The molecule has 13 heavy (non-hydrogen) atoms. The summed E-state index contributed by atoms with van der Waals surface area (Å²) in [4.78, 5) is 10.3. The van der Waals surface area contributed by atoms with Crippen LogP contribution in [0.3, 0.4) is 0 Å². The highest BCUT2D eigenvalue weighted by Gasteiger charge is 2.03. The van der Waals surface area contributed by atoms with E-state index < -0.39 is 0 Å². The molecule has 0 saturated heterocycles. The van der Waals surface area contributed by atoms with E-state index in [1.54, 1.807) is 0 Å². The van der Waals surface area contributed by atoms with Crippen LogP contribution in [0.4, 0.5) is 5.69 Å². The molecule has 1 aromatic carbocycles. The van der Waals surface area contributed by atoms with Gasteiger partial charge in [0, 0.05) is 5.69 Å². The van der Waals surface area contributed by atoms with E-state index in [9.17, 15) is 4.79 Å². The van der Waals surface area contributed by atoms with Crippen molar-refractivity contribution >= 4 is 12.1 Å². The Morgan fingerprint density at radius 1 is 1.38 bits per heavy atom. The van der Waals surface area contributed by atoms with Gasteiger partial charge in [-0.25, -0.2) is 0 Å². The summed E-state index contributed by atoms with van der Waals surface area (Å²) in [6.45, 7) is 3.83. The summed E-state index contributed by atoms with van der Waals surface area (Å²) in [6.07, 6.45) is 0.661. The van der Waals surface area contributed by atoms with Gasteiger partial charge in [-0.2, -0.15) is 0 Å². The van der Waals surface area contributed by atoms with Crippen LogP contribution >= 0.6 is 0 Å². The number of rotatable bonds is 3. The van der Waals surface area contributed by atoms with Gasteiger partial charge >= 0.3 is 0 Å². The highest BCUT2D eigenvalue weighted by molar-refractivity contribution is 5.75. The van der Waals surface area contributed by atoms with Gasteiger partial charge in [0.25, 0.3) is 0 Å². The predicted octanol–water partition coefficient (Wildman–Crippen LogP) is 1.36. The Hall–Kier alpha value is -1.35. The highest BCUT2D eigenvalue weighted by Crippen LogP contribution is 2.21. The molecule has 0 aliphatic rings. The maximum Gasteiger partial charge on any atom is 0.211 e. The highest BCUT2D eigenvalue weighted by atomic mass is 16.3. The minimum Gasteiger partial charge on any atom is -0.392 e. The fourth-order valence-electron chi connectivity index (χ4n) is 1.43. The summed E-state index contributed by atoms with van der Waals surface area (Å²) in [5.41, 5.74) is 3.63. The Morgan fingerprint density at radius 2 is 1.92 bits per heavy atom. The number of carbonyl (C=O) groups excluding carboxylic acids is 1. The van der Waals surface area contributed by atoms with Gasteiger partial charge in [-0.1, -0.05) is 12.1 Å². The van der Waals surface area contributed by atoms with E-state index in [2.05, 4.69) is 5.32 Å². The molecule has 0 aliphatic heterocycles. The second kappa shape index (κ2) is 4.05. The van der Waals surface area contributed by atoms with Crippen LogP contribution in [0.2, 0.25) is 0 Å². The Kier molecular flexibility index (Phi) is 3.03. The van der Waals surface area contributed by atoms with Gasteiger partial charge in [-0.15, -0.1) is 0 Å². The number of hydrogen-bond acceptors (Lipinski definition) is 2. The molecule has 1 amide bonds. The minimum absolute atomic E-state index is 0.0308. The van der Waals surface area contributed by atoms with Crippen molar-refractivity contribution in [2.24, 2.45) is 0 Å². The van der Waals surface area contributed by atoms with Crippen molar-refractivity contribution in [1.82, 2.24) is 0 Å². The molecule has 0 bridgehead atoms. The predicted molar refractivity (Wildman–Crippen MR) is 51.5 cm³/mol. The van der Waals surface area contributed by atoms with Gasteiger partial charge in [-0.05, 0) is 30.5 Å². The van der Waals surface area contributed by atoms with Gasteiger partial charge in [-0.3, -0.25) is 4.79 Å². The van der Waals surface area contributed by atoms with Crippen molar-refractivity contribution in [3.8, 4) is 0 Å². The van der Waals surface area contributed by atoms with Crippen LogP contribution in [0.1, 0.15) is 16.7 Å². The molecule has 0 aromatic heterocycles. The molecule has 0 heterocycles. The zero-order valence-corrected chi connectivity index (χ0v) is 7.79. The molecule has 1 aromatic rings. The molecule has 2 N–H and O–H groups in total. The summed E-state index contributed by atoms with van der Waals surface area (Å²) in [5, 5.41) is 11.6. The second-order valence-corrected chi connectivity index (χ2v) is 3.02. The zero-order valence-electron chi connectivity index (χ0n) is 7.79. The zero-order chi connectivity index (χ0) is 9.84. The topological polar surface area (TPSA) is 49.3 Å². The normalized spacial score (nSPS) is 9.77. The van der Waals surface area contributed by atoms with Gasteiger partial charge in [0.05, 0.1) is 6.61 Å². The molecule has 0 fully saturated rings. The number of hydrogen-bond donors (Lipinski definition) is 2. The summed E-state index contributed by atoms with van der Waals surface area (Å²) < 4.78 is 0. The molecule has 0 radical (unpaired) electrons. The van der Waals surface area contributed by atoms with Crippen LogP contribution in [0, 0.1) is 13.8 Å². The average molecular weight is 179 g/mol. The van der Waals surface area contributed by atoms with Crippen LogP contribution in [0.25, 0.3) is 0 Å². The summed E-state index contributed by atoms with van der Waals surface area (Å²) >= 11 is 0. The van der Waals surface area contributed by atoms with Crippen molar-refractivity contribution in [2.45, 2.75) is 20.5 Å². The number of carbonyl (C=O) groups is 1.